The molecule has 0 atom stereocenters. The number of aromatic nitrogens is 2. The first-order chi connectivity index (χ1) is 13.3. The summed E-state index contributed by atoms with van der Waals surface area (Å²) >= 11 is 0. The minimum atomic E-state index is 0.543. The van der Waals surface area contributed by atoms with Gasteiger partial charge in [-0.05, 0) is 18.1 Å². The molecule has 5 nitrogen and oxygen atoms in total. The summed E-state index contributed by atoms with van der Waals surface area (Å²) < 4.78 is 2.15. The van der Waals surface area contributed by atoms with Gasteiger partial charge in [0.05, 0.1) is 0 Å². The lowest BCUT2D eigenvalue weighted by atomic mass is 10.2. The second kappa shape index (κ2) is 9.57. The molecule has 27 heavy (non-hydrogen) atoms. The van der Waals surface area contributed by atoms with E-state index in [2.05, 4.69) is 82.3 Å². The van der Waals surface area contributed by atoms with Crippen molar-refractivity contribution in [3.05, 3.63) is 90.0 Å². The number of nitrogens with zero attached hydrogens (tertiary/aromatic N) is 4. The molecule has 0 aliphatic heterocycles. The minimum absolute atomic E-state index is 0.543. The Balaban J connectivity index is 1.69. The molecule has 140 valence electrons. The van der Waals surface area contributed by atoms with Crippen LogP contribution in [0.4, 0.5) is 0 Å². The van der Waals surface area contributed by atoms with Gasteiger partial charge in [-0.25, -0.2) is 9.98 Å². The summed E-state index contributed by atoms with van der Waals surface area (Å²) in [7, 11) is 2.06. The van der Waals surface area contributed by atoms with E-state index in [1.807, 2.05) is 24.5 Å². The van der Waals surface area contributed by atoms with Gasteiger partial charge in [-0.3, -0.25) is 0 Å². The van der Waals surface area contributed by atoms with E-state index in [-0.39, 0.29) is 0 Å². The molecule has 3 aromatic rings. The highest BCUT2D eigenvalue weighted by Gasteiger charge is 2.08. The summed E-state index contributed by atoms with van der Waals surface area (Å²) in [6.07, 6.45) is 3.85. The van der Waals surface area contributed by atoms with Crippen molar-refractivity contribution >= 4 is 5.96 Å². The maximum absolute atomic E-state index is 4.80. The molecule has 0 saturated carbocycles. The van der Waals surface area contributed by atoms with Gasteiger partial charge >= 0.3 is 0 Å². The fourth-order valence-corrected chi connectivity index (χ4v) is 2.96. The van der Waals surface area contributed by atoms with E-state index in [4.69, 9.17) is 4.99 Å². The zero-order valence-electron chi connectivity index (χ0n) is 16.0. The molecule has 0 unspecified atom stereocenters. The van der Waals surface area contributed by atoms with Gasteiger partial charge in [0.1, 0.15) is 12.4 Å². The third-order valence-electron chi connectivity index (χ3n) is 4.33. The summed E-state index contributed by atoms with van der Waals surface area (Å²) in [5, 5.41) is 3.37. The zero-order valence-corrected chi connectivity index (χ0v) is 16.0. The molecule has 1 N–H and O–H groups in total. The van der Waals surface area contributed by atoms with Gasteiger partial charge < -0.3 is 14.8 Å². The fraction of sp³-hybridized carbons (Fsp3) is 0.273. The SMILES string of the molecule is CCNC(=NCc1nccn1Cc1ccccc1)N(C)Cc1ccccc1. The normalized spacial score (nSPS) is 11.4. The number of hydrogen-bond acceptors (Lipinski definition) is 2. The summed E-state index contributed by atoms with van der Waals surface area (Å²) in [5.74, 6) is 1.85. The van der Waals surface area contributed by atoms with Gasteiger partial charge in [0, 0.05) is 39.1 Å². The molecule has 2 aromatic carbocycles. The predicted octanol–water partition coefficient (Wildman–Crippen LogP) is 3.53. The standard InChI is InChI=1S/C22H27N5/c1-3-23-22(26(2)17-19-10-6-4-7-11-19)25-16-21-24-14-15-27(21)18-20-12-8-5-9-13-20/h4-15H,3,16-18H2,1-2H3,(H,23,25). The van der Waals surface area contributed by atoms with Gasteiger partial charge in [-0.15, -0.1) is 0 Å². The summed E-state index contributed by atoms with van der Waals surface area (Å²) in [6.45, 7) is 5.08. The molecule has 1 aromatic heterocycles. The molecule has 0 radical (unpaired) electrons. The van der Waals surface area contributed by atoms with Crippen LogP contribution in [0, 0.1) is 0 Å². The molecule has 0 amide bonds. The van der Waals surface area contributed by atoms with E-state index < -0.39 is 0 Å². The number of imidazole rings is 1. The molecular formula is C22H27N5. The Morgan fingerprint density at radius 3 is 2.37 bits per heavy atom. The van der Waals surface area contributed by atoms with E-state index in [1.54, 1.807) is 0 Å². The van der Waals surface area contributed by atoms with Crippen LogP contribution in [0.3, 0.4) is 0 Å². The van der Waals surface area contributed by atoms with Gasteiger partial charge in [-0.2, -0.15) is 0 Å². The summed E-state index contributed by atoms with van der Waals surface area (Å²) in [6, 6.07) is 20.8. The molecule has 0 bridgehead atoms. The van der Waals surface area contributed by atoms with Crippen LogP contribution in [-0.4, -0.2) is 34.0 Å². The lowest BCUT2D eigenvalue weighted by molar-refractivity contribution is 0.476. The predicted molar refractivity (Wildman–Crippen MR) is 110 cm³/mol. The highest BCUT2D eigenvalue weighted by atomic mass is 15.3. The molecule has 0 spiro atoms. The smallest absolute Gasteiger partial charge is 0.194 e. The highest BCUT2D eigenvalue weighted by molar-refractivity contribution is 5.79. The first-order valence-electron chi connectivity index (χ1n) is 9.33. The third-order valence-corrected chi connectivity index (χ3v) is 4.33. The first-order valence-corrected chi connectivity index (χ1v) is 9.33. The molecule has 0 saturated heterocycles. The largest absolute Gasteiger partial charge is 0.357 e. The van der Waals surface area contributed by atoms with Crippen molar-refractivity contribution in [1.82, 2.24) is 19.8 Å². The summed E-state index contributed by atoms with van der Waals surface area (Å²) in [4.78, 5) is 11.4. The number of aliphatic imine (C=N–C) groups is 1. The van der Waals surface area contributed by atoms with E-state index in [9.17, 15) is 0 Å². The fourth-order valence-electron chi connectivity index (χ4n) is 2.96. The molecular weight excluding hydrogens is 334 g/mol. The van der Waals surface area contributed by atoms with Crippen molar-refractivity contribution < 1.29 is 0 Å². The van der Waals surface area contributed by atoms with Crippen LogP contribution in [0.1, 0.15) is 23.9 Å². The third kappa shape index (κ3) is 5.45. The van der Waals surface area contributed by atoms with E-state index in [1.165, 1.54) is 11.1 Å². The van der Waals surface area contributed by atoms with E-state index >= 15 is 0 Å². The van der Waals surface area contributed by atoms with E-state index in [0.29, 0.717) is 6.54 Å². The van der Waals surface area contributed by atoms with Gasteiger partial charge in [0.15, 0.2) is 5.96 Å². The monoisotopic (exact) mass is 361 g/mol. The molecule has 0 aliphatic rings. The summed E-state index contributed by atoms with van der Waals surface area (Å²) in [5.41, 5.74) is 2.52. The topological polar surface area (TPSA) is 45.5 Å². The quantitative estimate of drug-likeness (QED) is 0.517. The molecule has 0 aliphatic carbocycles. The van der Waals surface area contributed by atoms with Crippen LogP contribution in [0.2, 0.25) is 0 Å². The number of hydrogen-bond donors (Lipinski definition) is 1. The van der Waals surface area contributed by atoms with Crippen LogP contribution < -0.4 is 5.32 Å². The van der Waals surface area contributed by atoms with Crippen molar-refractivity contribution in [2.24, 2.45) is 4.99 Å². The van der Waals surface area contributed by atoms with Crippen LogP contribution >= 0.6 is 0 Å². The Labute approximate surface area is 161 Å². The second-order valence-electron chi connectivity index (χ2n) is 6.47. The van der Waals surface area contributed by atoms with E-state index in [0.717, 1.165) is 31.4 Å². The Bertz CT molecular complexity index is 839. The number of nitrogens with one attached hydrogen (secondary N) is 1. The molecule has 5 heteroatoms. The average Bonchev–Trinajstić information content (AvgIpc) is 3.13. The van der Waals surface area contributed by atoms with Crippen molar-refractivity contribution in [1.29, 1.82) is 0 Å². The number of benzene rings is 2. The average molecular weight is 361 g/mol. The minimum Gasteiger partial charge on any atom is -0.357 e. The lowest BCUT2D eigenvalue weighted by Crippen LogP contribution is -2.38. The second-order valence-corrected chi connectivity index (χ2v) is 6.47. The maximum Gasteiger partial charge on any atom is 0.194 e. The zero-order chi connectivity index (χ0) is 18.9. The lowest BCUT2D eigenvalue weighted by Gasteiger charge is -2.22. The Morgan fingerprint density at radius 2 is 1.70 bits per heavy atom. The van der Waals surface area contributed by atoms with Crippen LogP contribution in [0.15, 0.2) is 78.0 Å². The van der Waals surface area contributed by atoms with Gasteiger partial charge in [0.2, 0.25) is 0 Å². The molecule has 0 fully saturated rings. The Hall–Kier alpha value is -3.08. The van der Waals surface area contributed by atoms with Crippen LogP contribution in [-0.2, 0) is 19.6 Å². The van der Waals surface area contributed by atoms with Gasteiger partial charge in [0.25, 0.3) is 0 Å². The highest BCUT2D eigenvalue weighted by Crippen LogP contribution is 2.08. The Morgan fingerprint density at radius 1 is 1.04 bits per heavy atom. The van der Waals surface area contributed by atoms with Crippen molar-refractivity contribution in [3.63, 3.8) is 0 Å². The molecule has 3 rings (SSSR count). The van der Waals surface area contributed by atoms with Crippen molar-refractivity contribution in [3.8, 4) is 0 Å². The van der Waals surface area contributed by atoms with Crippen LogP contribution in [0.25, 0.3) is 0 Å². The Kier molecular flexibility index (Phi) is 6.63. The molecule has 1 heterocycles. The maximum atomic E-state index is 4.80. The van der Waals surface area contributed by atoms with Gasteiger partial charge in [-0.1, -0.05) is 60.7 Å². The van der Waals surface area contributed by atoms with Crippen molar-refractivity contribution in [2.75, 3.05) is 13.6 Å². The van der Waals surface area contributed by atoms with Crippen molar-refractivity contribution in [2.45, 2.75) is 26.6 Å². The first kappa shape index (κ1) is 18.7. The van der Waals surface area contributed by atoms with Crippen LogP contribution in [0.5, 0.6) is 0 Å². The number of guanidine groups is 1. The number of rotatable bonds is 7.